The molecule has 0 atom stereocenters. The third kappa shape index (κ3) is 4.54. The maximum atomic E-state index is 13.0. The SMILES string of the molecule is COc1ccc(-c2cc(C(=O)NCC(C)C)n3nc(-c4ccc(Cl)cc4)cc3n2)cc1. The van der Waals surface area contributed by atoms with E-state index >= 15 is 0 Å². The third-order valence-corrected chi connectivity index (χ3v) is 5.11. The zero-order valence-corrected chi connectivity index (χ0v) is 18.3. The number of benzene rings is 2. The van der Waals surface area contributed by atoms with E-state index in [1.54, 1.807) is 17.7 Å². The Kier molecular flexibility index (Phi) is 5.91. The maximum absolute atomic E-state index is 13.0. The third-order valence-electron chi connectivity index (χ3n) is 4.86. The fraction of sp³-hybridized carbons (Fsp3) is 0.208. The molecule has 0 unspecified atom stereocenters. The van der Waals surface area contributed by atoms with Crippen molar-refractivity contribution in [3.05, 3.63) is 71.4 Å². The monoisotopic (exact) mass is 434 g/mol. The summed E-state index contributed by atoms with van der Waals surface area (Å²) in [4.78, 5) is 17.8. The summed E-state index contributed by atoms with van der Waals surface area (Å²) in [5.74, 6) is 0.903. The summed E-state index contributed by atoms with van der Waals surface area (Å²) in [7, 11) is 1.63. The summed E-state index contributed by atoms with van der Waals surface area (Å²) in [6.07, 6.45) is 0. The van der Waals surface area contributed by atoms with E-state index in [9.17, 15) is 4.79 Å². The minimum atomic E-state index is -0.193. The average molecular weight is 435 g/mol. The first-order valence-corrected chi connectivity index (χ1v) is 10.4. The molecule has 0 saturated carbocycles. The molecule has 7 heteroatoms. The van der Waals surface area contributed by atoms with Gasteiger partial charge in [0.15, 0.2) is 5.65 Å². The zero-order chi connectivity index (χ0) is 22.0. The van der Waals surface area contributed by atoms with Crippen LogP contribution in [0.25, 0.3) is 28.2 Å². The largest absolute Gasteiger partial charge is 0.497 e. The van der Waals surface area contributed by atoms with Crippen molar-refractivity contribution in [1.29, 1.82) is 0 Å². The minimum Gasteiger partial charge on any atom is -0.497 e. The van der Waals surface area contributed by atoms with Gasteiger partial charge < -0.3 is 10.1 Å². The standard InChI is InChI=1S/C24H23ClN4O2/c1-15(2)14-26-24(30)22-12-20(16-6-10-19(31-3)11-7-16)27-23-13-21(28-29(22)23)17-4-8-18(25)9-5-17/h4-13,15H,14H2,1-3H3,(H,26,30). The highest BCUT2D eigenvalue weighted by atomic mass is 35.5. The zero-order valence-electron chi connectivity index (χ0n) is 17.6. The number of nitrogens with zero attached hydrogens (tertiary/aromatic N) is 3. The molecule has 0 aliphatic heterocycles. The number of carbonyl (C=O) groups excluding carboxylic acids is 1. The molecule has 0 bridgehead atoms. The normalized spacial score (nSPS) is 11.1. The quantitative estimate of drug-likeness (QED) is 0.457. The number of carbonyl (C=O) groups is 1. The molecule has 31 heavy (non-hydrogen) atoms. The van der Waals surface area contributed by atoms with E-state index in [1.165, 1.54) is 0 Å². The van der Waals surface area contributed by atoms with E-state index in [-0.39, 0.29) is 5.91 Å². The fourth-order valence-corrected chi connectivity index (χ4v) is 3.32. The van der Waals surface area contributed by atoms with E-state index in [2.05, 4.69) is 24.3 Å². The number of fused-ring (bicyclic) bond motifs is 1. The Morgan fingerprint density at radius 2 is 1.68 bits per heavy atom. The number of hydrogen-bond acceptors (Lipinski definition) is 4. The predicted octanol–water partition coefficient (Wildman–Crippen LogP) is 5.11. The Hall–Kier alpha value is -3.38. The van der Waals surface area contributed by atoms with Crippen LogP contribution in [0, 0.1) is 5.92 Å². The molecule has 6 nitrogen and oxygen atoms in total. The summed E-state index contributed by atoms with van der Waals surface area (Å²) < 4.78 is 6.83. The molecule has 4 rings (SSSR count). The van der Waals surface area contributed by atoms with Gasteiger partial charge in [0, 0.05) is 28.8 Å². The number of halogens is 1. The van der Waals surface area contributed by atoms with Gasteiger partial charge in [-0.05, 0) is 48.4 Å². The molecule has 2 aromatic carbocycles. The van der Waals surface area contributed by atoms with Crippen LogP contribution < -0.4 is 10.1 Å². The molecule has 0 aliphatic rings. The molecule has 2 heterocycles. The predicted molar refractivity (Wildman–Crippen MR) is 123 cm³/mol. The first kappa shape index (κ1) is 20.9. The molecule has 2 aromatic heterocycles. The lowest BCUT2D eigenvalue weighted by atomic mass is 10.1. The van der Waals surface area contributed by atoms with Crippen LogP contribution >= 0.6 is 11.6 Å². The maximum Gasteiger partial charge on any atom is 0.270 e. The average Bonchev–Trinajstić information content (AvgIpc) is 3.21. The number of nitrogens with one attached hydrogen (secondary N) is 1. The lowest BCUT2D eigenvalue weighted by Gasteiger charge is -2.11. The minimum absolute atomic E-state index is 0.193. The van der Waals surface area contributed by atoms with Crippen LogP contribution in [0.15, 0.2) is 60.7 Å². The van der Waals surface area contributed by atoms with Gasteiger partial charge in [-0.25, -0.2) is 9.50 Å². The fourth-order valence-electron chi connectivity index (χ4n) is 3.19. The molecule has 1 N–H and O–H groups in total. The van der Waals surface area contributed by atoms with Gasteiger partial charge in [-0.15, -0.1) is 0 Å². The van der Waals surface area contributed by atoms with Gasteiger partial charge in [0.1, 0.15) is 11.4 Å². The van der Waals surface area contributed by atoms with Crippen LogP contribution in [-0.4, -0.2) is 34.2 Å². The molecule has 4 aromatic rings. The molecule has 0 radical (unpaired) electrons. The van der Waals surface area contributed by atoms with E-state index in [4.69, 9.17) is 21.3 Å². The molecular weight excluding hydrogens is 412 g/mol. The van der Waals surface area contributed by atoms with E-state index in [1.807, 2.05) is 54.6 Å². The van der Waals surface area contributed by atoms with Gasteiger partial charge in [-0.2, -0.15) is 5.10 Å². The second-order valence-electron chi connectivity index (χ2n) is 7.67. The Morgan fingerprint density at radius 1 is 1.03 bits per heavy atom. The van der Waals surface area contributed by atoms with E-state index in [0.717, 1.165) is 16.9 Å². The second kappa shape index (κ2) is 8.78. The lowest BCUT2D eigenvalue weighted by molar-refractivity contribution is 0.0941. The van der Waals surface area contributed by atoms with Crippen molar-refractivity contribution >= 4 is 23.2 Å². The highest BCUT2D eigenvalue weighted by Crippen LogP contribution is 2.26. The number of aromatic nitrogens is 3. The molecule has 0 spiro atoms. The Balaban J connectivity index is 1.83. The lowest BCUT2D eigenvalue weighted by Crippen LogP contribution is -2.29. The van der Waals surface area contributed by atoms with Gasteiger partial charge in [0.2, 0.25) is 0 Å². The number of rotatable bonds is 6. The van der Waals surface area contributed by atoms with Crippen LogP contribution in [-0.2, 0) is 0 Å². The molecule has 1 amide bonds. The summed E-state index contributed by atoms with van der Waals surface area (Å²) in [5, 5.41) is 8.29. The van der Waals surface area contributed by atoms with Crippen molar-refractivity contribution in [1.82, 2.24) is 19.9 Å². The van der Waals surface area contributed by atoms with Crippen molar-refractivity contribution < 1.29 is 9.53 Å². The summed E-state index contributed by atoms with van der Waals surface area (Å²) >= 11 is 6.02. The molecular formula is C24H23ClN4O2. The van der Waals surface area contributed by atoms with Gasteiger partial charge in [0.05, 0.1) is 18.5 Å². The number of ether oxygens (including phenoxy) is 1. The number of amides is 1. The van der Waals surface area contributed by atoms with Crippen molar-refractivity contribution in [3.8, 4) is 28.3 Å². The summed E-state index contributed by atoms with van der Waals surface area (Å²) in [6.45, 7) is 4.68. The molecule has 0 saturated heterocycles. The first-order valence-electron chi connectivity index (χ1n) is 10.0. The van der Waals surface area contributed by atoms with Gasteiger partial charge in [0.25, 0.3) is 5.91 Å². The second-order valence-corrected chi connectivity index (χ2v) is 8.10. The van der Waals surface area contributed by atoms with Crippen molar-refractivity contribution in [3.63, 3.8) is 0 Å². The smallest absolute Gasteiger partial charge is 0.270 e. The highest BCUT2D eigenvalue weighted by Gasteiger charge is 2.17. The summed E-state index contributed by atoms with van der Waals surface area (Å²) in [6, 6.07) is 18.6. The first-order chi connectivity index (χ1) is 14.9. The van der Waals surface area contributed by atoms with Gasteiger partial charge in [-0.3, -0.25) is 4.79 Å². The van der Waals surface area contributed by atoms with E-state index < -0.39 is 0 Å². The van der Waals surface area contributed by atoms with Crippen LogP contribution in [0.5, 0.6) is 5.75 Å². The Bertz CT molecular complexity index is 1220. The topological polar surface area (TPSA) is 68.5 Å². The number of hydrogen-bond donors (Lipinski definition) is 1. The van der Waals surface area contributed by atoms with Crippen molar-refractivity contribution in [2.45, 2.75) is 13.8 Å². The van der Waals surface area contributed by atoms with E-state index in [0.29, 0.717) is 40.2 Å². The van der Waals surface area contributed by atoms with Crippen molar-refractivity contribution in [2.75, 3.05) is 13.7 Å². The van der Waals surface area contributed by atoms with Crippen molar-refractivity contribution in [2.24, 2.45) is 5.92 Å². The summed E-state index contributed by atoms with van der Waals surface area (Å²) in [5.41, 5.74) is 4.20. The Labute approximate surface area is 185 Å². The molecule has 0 aliphatic carbocycles. The highest BCUT2D eigenvalue weighted by molar-refractivity contribution is 6.30. The molecule has 158 valence electrons. The van der Waals surface area contributed by atoms with Gasteiger partial charge in [-0.1, -0.05) is 37.6 Å². The van der Waals surface area contributed by atoms with Crippen LogP contribution in [0.1, 0.15) is 24.3 Å². The molecule has 0 fully saturated rings. The van der Waals surface area contributed by atoms with Crippen LogP contribution in [0.4, 0.5) is 0 Å². The van der Waals surface area contributed by atoms with Crippen LogP contribution in [0.3, 0.4) is 0 Å². The number of methoxy groups -OCH3 is 1. The Morgan fingerprint density at radius 3 is 2.32 bits per heavy atom. The van der Waals surface area contributed by atoms with Gasteiger partial charge >= 0.3 is 0 Å². The van der Waals surface area contributed by atoms with Crippen LogP contribution in [0.2, 0.25) is 5.02 Å².